The van der Waals surface area contributed by atoms with E-state index in [0.29, 0.717) is 0 Å². The van der Waals surface area contributed by atoms with E-state index < -0.39 is 29.3 Å². The van der Waals surface area contributed by atoms with Gasteiger partial charge in [-0.1, -0.05) is 18.2 Å². The van der Waals surface area contributed by atoms with Crippen molar-refractivity contribution in [2.24, 2.45) is 0 Å². The molecule has 0 saturated heterocycles. The van der Waals surface area contributed by atoms with E-state index in [2.05, 4.69) is 9.47 Å². The Bertz CT molecular complexity index is 538. The molecule has 0 spiro atoms. The van der Waals surface area contributed by atoms with Crippen LogP contribution in [0.5, 0.6) is 0 Å². The summed E-state index contributed by atoms with van der Waals surface area (Å²) in [5.74, 6) is -2.83. The van der Waals surface area contributed by atoms with Gasteiger partial charge in [-0.2, -0.15) is 13.2 Å². The third-order valence-corrected chi connectivity index (χ3v) is 2.73. The maximum atomic E-state index is 13.3. The van der Waals surface area contributed by atoms with Gasteiger partial charge in [0.2, 0.25) is 0 Å². The van der Waals surface area contributed by atoms with Crippen molar-refractivity contribution in [2.75, 3.05) is 6.61 Å². The number of carbonyl (C=O) groups is 2. The average Bonchev–Trinajstić information content (AvgIpc) is 2.64. The smallest absolute Gasteiger partial charge is 0.444 e. The zero-order valence-electron chi connectivity index (χ0n) is 9.78. The minimum Gasteiger partial charge on any atom is -0.462 e. The van der Waals surface area contributed by atoms with Gasteiger partial charge in [0, 0.05) is 5.56 Å². The second-order valence-corrected chi connectivity index (χ2v) is 3.83. The van der Waals surface area contributed by atoms with Crippen LogP contribution >= 0.6 is 0 Å². The molecule has 4 nitrogen and oxygen atoms in total. The highest BCUT2D eigenvalue weighted by molar-refractivity contribution is 6.01. The summed E-state index contributed by atoms with van der Waals surface area (Å²) < 4.78 is 48.6. The number of carbonyl (C=O) groups excluding carboxylic acids is 2. The molecule has 2 rings (SSSR count). The number of ether oxygens (including phenoxy) is 2. The molecule has 0 aliphatic carbocycles. The molecule has 7 heteroatoms. The van der Waals surface area contributed by atoms with Crippen molar-refractivity contribution in [2.45, 2.75) is 18.7 Å². The van der Waals surface area contributed by atoms with Crippen molar-refractivity contribution >= 4 is 11.9 Å². The predicted octanol–water partition coefficient (Wildman–Crippen LogP) is 2.18. The molecule has 1 aromatic carbocycles. The highest BCUT2D eigenvalue weighted by Crippen LogP contribution is 2.48. The first-order valence-electron chi connectivity index (χ1n) is 5.41. The first kappa shape index (κ1) is 13.4. The molecule has 1 aliphatic rings. The zero-order valence-corrected chi connectivity index (χ0v) is 9.78. The Balaban J connectivity index is 2.66. The number of esters is 2. The van der Waals surface area contributed by atoms with Crippen LogP contribution in [0.25, 0.3) is 0 Å². The fourth-order valence-corrected chi connectivity index (χ4v) is 1.93. The average molecular weight is 274 g/mol. The quantitative estimate of drug-likeness (QED) is 0.776. The topological polar surface area (TPSA) is 52.6 Å². The molecule has 0 fully saturated rings. The minimum atomic E-state index is -5.10. The van der Waals surface area contributed by atoms with Crippen LogP contribution in [-0.2, 0) is 19.9 Å². The second-order valence-electron chi connectivity index (χ2n) is 3.83. The lowest BCUT2D eigenvalue weighted by atomic mass is 9.91. The molecule has 1 aliphatic heterocycles. The van der Waals surface area contributed by atoms with Crippen LogP contribution in [0.2, 0.25) is 0 Å². The van der Waals surface area contributed by atoms with Crippen LogP contribution in [0.4, 0.5) is 13.2 Å². The first-order chi connectivity index (χ1) is 8.84. The Labute approximate surface area is 106 Å². The number of fused-ring (bicyclic) bond motifs is 1. The largest absolute Gasteiger partial charge is 0.462 e. The fraction of sp³-hybridized carbons (Fsp3) is 0.333. The third-order valence-electron chi connectivity index (χ3n) is 2.73. The standard InChI is InChI=1S/C12H9F3O4/c1-2-18-10(17)11(12(13,14)15)8-6-4-3-5-7(8)9(16)19-11/h3-6H,2H2,1H3/t11-/m0/s1. The van der Waals surface area contributed by atoms with Gasteiger partial charge in [-0.3, -0.25) is 0 Å². The van der Waals surface area contributed by atoms with E-state index in [1.165, 1.54) is 25.1 Å². The van der Waals surface area contributed by atoms with E-state index in [9.17, 15) is 22.8 Å². The molecule has 0 saturated carbocycles. The molecular weight excluding hydrogens is 265 g/mol. The van der Waals surface area contributed by atoms with E-state index in [4.69, 9.17) is 0 Å². The first-order valence-corrected chi connectivity index (χ1v) is 5.41. The van der Waals surface area contributed by atoms with Gasteiger partial charge in [-0.15, -0.1) is 0 Å². The van der Waals surface area contributed by atoms with Gasteiger partial charge < -0.3 is 9.47 Å². The number of halogens is 3. The van der Waals surface area contributed by atoms with Crippen LogP contribution < -0.4 is 0 Å². The SMILES string of the molecule is CCOC(=O)[C@@]1(C(F)(F)F)OC(=O)c2ccccc21. The lowest BCUT2D eigenvalue weighted by molar-refractivity contribution is -0.263. The maximum Gasteiger partial charge on any atom is 0.444 e. The summed E-state index contributed by atoms with van der Waals surface area (Å²) in [5, 5.41) is 0. The minimum absolute atomic E-state index is 0.254. The molecule has 0 aromatic heterocycles. The number of benzene rings is 1. The number of hydrogen-bond donors (Lipinski definition) is 0. The van der Waals surface area contributed by atoms with Crippen molar-refractivity contribution in [3.05, 3.63) is 35.4 Å². The van der Waals surface area contributed by atoms with E-state index in [1.54, 1.807) is 0 Å². The van der Waals surface area contributed by atoms with Gasteiger partial charge in [0.05, 0.1) is 12.2 Å². The van der Waals surface area contributed by atoms with Crippen LogP contribution in [-0.4, -0.2) is 24.7 Å². The van der Waals surface area contributed by atoms with Crippen molar-refractivity contribution in [3.8, 4) is 0 Å². The van der Waals surface area contributed by atoms with E-state index in [-0.39, 0.29) is 12.2 Å². The molecule has 0 amide bonds. The summed E-state index contributed by atoms with van der Waals surface area (Å²) in [6.45, 7) is 1.11. The van der Waals surface area contributed by atoms with Gasteiger partial charge in [0.15, 0.2) is 0 Å². The molecule has 0 N–H and O–H groups in total. The van der Waals surface area contributed by atoms with Gasteiger partial charge >= 0.3 is 23.7 Å². The molecule has 0 radical (unpaired) electrons. The Kier molecular flexibility index (Phi) is 3.00. The summed E-state index contributed by atoms with van der Waals surface area (Å²) in [7, 11) is 0. The summed E-state index contributed by atoms with van der Waals surface area (Å²) >= 11 is 0. The molecule has 1 heterocycles. The Morgan fingerprint density at radius 2 is 2.00 bits per heavy atom. The van der Waals surface area contributed by atoms with Crippen LogP contribution in [0.15, 0.2) is 24.3 Å². The Morgan fingerprint density at radius 3 is 2.58 bits per heavy atom. The normalized spacial score (nSPS) is 21.8. The molecule has 1 atom stereocenters. The Hall–Kier alpha value is -2.05. The van der Waals surface area contributed by atoms with Gasteiger partial charge in [-0.05, 0) is 13.0 Å². The van der Waals surface area contributed by atoms with Crippen molar-refractivity contribution in [1.82, 2.24) is 0 Å². The second kappa shape index (κ2) is 4.25. The zero-order chi connectivity index (χ0) is 14.3. The molecule has 0 unspecified atom stereocenters. The van der Waals surface area contributed by atoms with E-state index in [0.717, 1.165) is 6.07 Å². The van der Waals surface area contributed by atoms with E-state index >= 15 is 0 Å². The summed E-state index contributed by atoms with van der Waals surface area (Å²) in [6.07, 6.45) is -5.10. The lowest BCUT2D eigenvalue weighted by Crippen LogP contribution is -2.50. The van der Waals surface area contributed by atoms with Crippen molar-refractivity contribution < 1.29 is 32.2 Å². The molecule has 0 bridgehead atoms. The highest BCUT2D eigenvalue weighted by atomic mass is 19.4. The van der Waals surface area contributed by atoms with Crippen LogP contribution in [0.3, 0.4) is 0 Å². The molecule has 102 valence electrons. The van der Waals surface area contributed by atoms with E-state index in [1.807, 2.05) is 0 Å². The number of rotatable bonds is 2. The predicted molar refractivity (Wildman–Crippen MR) is 56.2 cm³/mol. The maximum absolute atomic E-state index is 13.3. The monoisotopic (exact) mass is 274 g/mol. The molecular formula is C12H9F3O4. The summed E-state index contributed by atoms with van der Waals surface area (Å²) in [6, 6.07) is 4.88. The van der Waals surface area contributed by atoms with Gasteiger partial charge in [-0.25, -0.2) is 9.59 Å². The van der Waals surface area contributed by atoms with Crippen molar-refractivity contribution in [1.29, 1.82) is 0 Å². The number of alkyl halides is 3. The summed E-state index contributed by atoms with van der Waals surface area (Å²) in [4.78, 5) is 23.2. The van der Waals surface area contributed by atoms with Crippen LogP contribution in [0.1, 0.15) is 22.8 Å². The summed E-state index contributed by atoms with van der Waals surface area (Å²) in [5.41, 5.74) is -4.18. The third kappa shape index (κ3) is 1.76. The van der Waals surface area contributed by atoms with Crippen LogP contribution in [0, 0.1) is 0 Å². The van der Waals surface area contributed by atoms with Gasteiger partial charge in [0.25, 0.3) is 0 Å². The van der Waals surface area contributed by atoms with Crippen molar-refractivity contribution in [3.63, 3.8) is 0 Å². The lowest BCUT2D eigenvalue weighted by Gasteiger charge is -2.28. The molecule has 1 aromatic rings. The fourth-order valence-electron chi connectivity index (χ4n) is 1.93. The number of hydrogen-bond acceptors (Lipinski definition) is 4. The Morgan fingerprint density at radius 1 is 1.37 bits per heavy atom. The number of cyclic esters (lactones) is 1. The van der Waals surface area contributed by atoms with Gasteiger partial charge in [0.1, 0.15) is 0 Å². The highest BCUT2D eigenvalue weighted by Gasteiger charge is 2.70. The molecule has 19 heavy (non-hydrogen) atoms.